The zero-order valence-electron chi connectivity index (χ0n) is 39.6. The Hall–Kier alpha value is -6.50. The van der Waals surface area contributed by atoms with Gasteiger partial charge in [0.1, 0.15) is 48.1 Å². The van der Waals surface area contributed by atoms with Gasteiger partial charge in [0.25, 0.3) is 0 Å². The number of amides is 7. The summed E-state index contributed by atoms with van der Waals surface area (Å²) in [6.45, 7) is 12.9. The minimum atomic E-state index is -1.68. The second-order valence-electron chi connectivity index (χ2n) is 18.1. The number of hydrogen-bond donors (Lipinski definition) is 10. The molecule has 2 aromatic carbocycles. The minimum Gasteiger partial charge on any atom is -0.508 e. The summed E-state index contributed by atoms with van der Waals surface area (Å²) in [7, 11) is 0. The zero-order chi connectivity index (χ0) is 49.5. The van der Waals surface area contributed by atoms with Crippen LogP contribution in [-0.2, 0) is 55.9 Å². The number of aliphatic hydroxyl groups excluding tert-OH is 1. The molecule has 0 bridgehead atoms. The Morgan fingerprint density at radius 2 is 1.33 bits per heavy atom. The third kappa shape index (κ3) is 15.5. The number of rotatable bonds is 15. The average Bonchev–Trinajstić information content (AvgIpc) is 3.68. The van der Waals surface area contributed by atoms with Crippen LogP contribution in [0.3, 0.4) is 0 Å². The van der Waals surface area contributed by atoms with E-state index in [-0.39, 0.29) is 30.9 Å². The number of ether oxygens (including phenoxy) is 1. The lowest BCUT2D eigenvalue weighted by molar-refractivity contribution is -0.157. The van der Waals surface area contributed by atoms with Gasteiger partial charge in [0, 0.05) is 36.4 Å². The first-order valence-corrected chi connectivity index (χ1v) is 23.0. The van der Waals surface area contributed by atoms with E-state index in [0.717, 1.165) is 17.3 Å². The van der Waals surface area contributed by atoms with Crippen LogP contribution < -0.4 is 37.2 Å². The fourth-order valence-corrected chi connectivity index (χ4v) is 7.57. The molecule has 19 heteroatoms. The van der Waals surface area contributed by atoms with Crippen molar-refractivity contribution in [3.8, 4) is 5.75 Å². The summed E-state index contributed by atoms with van der Waals surface area (Å²) in [4.78, 5) is 115. The summed E-state index contributed by atoms with van der Waals surface area (Å²) < 4.78 is 5.81. The maximum Gasteiger partial charge on any atom is 0.329 e. The highest BCUT2D eigenvalue weighted by molar-refractivity contribution is 5.98. The van der Waals surface area contributed by atoms with E-state index in [2.05, 4.69) is 42.2 Å². The molecule has 67 heavy (non-hydrogen) atoms. The summed E-state index contributed by atoms with van der Waals surface area (Å²) in [5.74, 6) is -7.46. The number of aromatic nitrogens is 1. The molecule has 1 saturated heterocycles. The third-order valence-electron chi connectivity index (χ3n) is 11.8. The summed E-state index contributed by atoms with van der Waals surface area (Å²) in [6.07, 6.45) is 0.301. The number of H-pyrrole nitrogens is 1. The lowest BCUT2D eigenvalue weighted by Gasteiger charge is -2.31. The van der Waals surface area contributed by atoms with Crippen molar-refractivity contribution in [2.24, 2.45) is 17.8 Å². The Morgan fingerprint density at radius 1 is 0.731 bits per heavy atom. The van der Waals surface area contributed by atoms with Crippen LogP contribution in [0.5, 0.6) is 5.75 Å². The average molecular weight is 933 g/mol. The molecule has 0 aliphatic carbocycles. The van der Waals surface area contributed by atoms with Crippen molar-refractivity contribution in [2.45, 2.75) is 142 Å². The summed E-state index contributed by atoms with van der Waals surface area (Å²) in [5, 5.41) is 40.0. The number of fused-ring (bicyclic) bond motifs is 1. The molecule has 366 valence electrons. The molecule has 1 aliphatic heterocycles. The van der Waals surface area contributed by atoms with Gasteiger partial charge in [0.15, 0.2) is 0 Å². The van der Waals surface area contributed by atoms with Crippen LogP contribution >= 0.6 is 0 Å². The molecular weight excluding hydrogens is 865 g/mol. The fourth-order valence-electron chi connectivity index (χ4n) is 7.57. The summed E-state index contributed by atoms with van der Waals surface area (Å²) in [6, 6.07) is 4.19. The van der Waals surface area contributed by atoms with Crippen LogP contribution in [0, 0.1) is 17.8 Å². The van der Waals surface area contributed by atoms with E-state index in [1.807, 2.05) is 32.0 Å². The largest absolute Gasteiger partial charge is 0.508 e. The van der Waals surface area contributed by atoms with E-state index in [0.29, 0.717) is 29.9 Å². The van der Waals surface area contributed by atoms with Crippen LogP contribution in [0.15, 0.2) is 54.7 Å². The molecule has 1 aromatic heterocycles. The number of aromatic hydroxyl groups is 1. The third-order valence-corrected chi connectivity index (χ3v) is 11.8. The topological polar surface area (TPSA) is 286 Å². The quantitative estimate of drug-likeness (QED) is 0.0976. The number of para-hydroxylation sites is 1. The van der Waals surface area contributed by atoms with Crippen LogP contribution in [0.2, 0.25) is 0 Å². The van der Waals surface area contributed by atoms with Gasteiger partial charge in [-0.15, -0.1) is 0 Å². The highest BCUT2D eigenvalue weighted by Crippen LogP contribution is 2.21. The van der Waals surface area contributed by atoms with Gasteiger partial charge in [-0.05, 0) is 67.3 Å². The molecule has 10 N–H and O–H groups in total. The highest BCUT2D eigenvalue weighted by Gasteiger charge is 2.39. The first-order chi connectivity index (χ1) is 31.7. The monoisotopic (exact) mass is 933 g/mol. The number of phenols is 1. The number of cyclic esters (lactones) is 1. The molecule has 1 fully saturated rings. The molecule has 7 amide bonds. The van der Waals surface area contributed by atoms with Gasteiger partial charge in [-0.1, -0.05) is 84.7 Å². The van der Waals surface area contributed by atoms with Gasteiger partial charge in [-0.2, -0.15) is 0 Å². The van der Waals surface area contributed by atoms with E-state index in [1.54, 1.807) is 40.0 Å². The van der Waals surface area contributed by atoms with Gasteiger partial charge in [-0.25, -0.2) is 4.79 Å². The number of nitrogens with one attached hydrogen (secondary N) is 8. The molecule has 2 heterocycles. The second-order valence-corrected chi connectivity index (χ2v) is 18.1. The van der Waals surface area contributed by atoms with E-state index in [9.17, 15) is 48.6 Å². The minimum absolute atomic E-state index is 0.0679. The number of carbonyl (C=O) groups is 8. The van der Waals surface area contributed by atoms with Crippen molar-refractivity contribution in [1.29, 1.82) is 0 Å². The number of carbonyl (C=O) groups excluding carboxylic acids is 8. The zero-order valence-corrected chi connectivity index (χ0v) is 39.6. The number of benzene rings is 2. The normalized spacial score (nSPS) is 23.6. The number of phenolic OH excluding ortho intramolecular Hbond substituents is 1. The van der Waals surface area contributed by atoms with Crippen molar-refractivity contribution >= 4 is 58.2 Å². The molecule has 0 spiro atoms. The first kappa shape index (κ1) is 53.1. The van der Waals surface area contributed by atoms with E-state index in [4.69, 9.17) is 4.74 Å². The molecule has 4 rings (SSSR count). The summed E-state index contributed by atoms with van der Waals surface area (Å²) in [5.41, 5.74) is 1.80. The van der Waals surface area contributed by atoms with Crippen molar-refractivity contribution in [3.63, 3.8) is 0 Å². The SMILES string of the molecule is CCC(C)[C@@H]1NC(=O)C(C(C)O)NC(=O)[C@@H](Cc2c[nH]c3ccccc23)NC(=O)[C@@H](Cc2ccc(O)cc2)NC(=O)C(NC(=O)CNC(=O)CCCC(C)C)C(C)OC(=O)[C@H](C(C)C)NC1=O. The lowest BCUT2D eigenvalue weighted by atomic mass is 9.96. The number of aromatic amines is 1. The Morgan fingerprint density at radius 3 is 1.97 bits per heavy atom. The maximum atomic E-state index is 14.6. The molecule has 19 nitrogen and oxygen atoms in total. The van der Waals surface area contributed by atoms with E-state index >= 15 is 0 Å². The lowest BCUT2D eigenvalue weighted by Crippen LogP contribution is -2.62. The molecule has 0 saturated carbocycles. The standard InChI is InChI=1S/C48H68N8O11/c1-9-27(6)40-45(63)54-39(26(4)5)48(66)67-29(8)42(53-38(60)24-50-37(59)16-12-13-25(2)3)47(65)52-35(21-30-17-19-32(58)20-18-30)43(61)51-36(44(62)56-41(28(7)57)46(64)55-40)22-31-23-49-34-15-11-10-14-33(31)34/h10-11,14-15,17-20,23,25-29,35-36,39-42,49,57-58H,9,12-13,16,21-22,24H2,1-8H3,(H,50,59)(H,51,61)(H,52,65)(H,53,60)(H,54,63)(H,55,64)(H,56,62)/t27?,28?,29?,35-,36-,39+,40+,41?,42?/m1/s1. The Labute approximate surface area is 391 Å². The number of esters is 1. The molecular formula is C48H68N8O11. The van der Waals surface area contributed by atoms with Crippen LogP contribution in [0.4, 0.5) is 0 Å². The predicted octanol–water partition coefficient (Wildman–Crippen LogP) is 1.54. The molecule has 1 aliphatic rings. The molecule has 3 aromatic rings. The summed E-state index contributed by atoms with van der Waals surface area (Å²) >= 11 is 0. The van der Waals surface area contributed by atoms with E-state index in [1.165, 1.54) is 38.1 Å². The van der Waals surface area contributed by atoms with Crippen molar-refractivity contribution in [1.82, 2.24) is 42.2 Å². The Kier molecular flexibility index (Phi) is 19.7. The number of aliphatic hydroxyl groups is 1. The van der Waals surface area contributed by atoms with Gasteiger partial charge in [-0.3, -0.25) is 33.6 Å². The van der Waals surface area contributed by atoms with Gasteiger partial charge >= 0.3 is 5.97 Å². The second kappa shape index (κ2) is 24.9. The number of hydrogen-bond acceptors (Lipinski definition) is 11. The van der Waals surface area contributed by atoms with Crippen molar-refractivity contribution < 1.29 is 53.3 Å². The highest BCUT2D eigenvalue weighted by atomic mass is 16.5. The van der Waals surface area contributed by atoms with Crippen LogP contribution in [-0.4, -0.2) is 118 Å². The van der Waals surface area contributed by atoms with E-state index < -0.39 is 108 Å². The van der Waals surface area contributed by atoms with Gasteiger partial charge in [0.05, 0.1) is 12.6 Å². The van der Waals surface area contributed by atoms with Gasteiger partial charge < -0.3 is 57.2 Å². The van der Waals surface area contributed by atoms with Crippen LogP contribution in [0.25, 0.3) is 10.9 Å². The Balaban J connectivity index is 1.82. The predicted molar refractivity (Wildman–Crippen MR) is 249 cm³/mol. The Bertz CT molecular complexity index is 2210. The molecule has 0 radical (unpaired) electrons. The van der Waals surface area contributed by atoms with Crippen LogP contribution in [0.1, 0.15) is 92.2 Å². The van der Waals surface area contributed by atoms with Crippen molar-refractivity contribution in [2.75, 3.05) is 6.54 Å². The maximum absolute atomic E-state index is 14.6. The first-order valence-electron chi connectivity index (χ1n) is 23.0. The molecule has 9 atom stereocenters. The van der Waals surface area contributed by atoms with Crippen molar-refractivity contribution in [3.05, 3.63) is 65.9 Å². The van der Waals surface area contributed by atoms with Gasteiger partial charge in [0.2, 0.25) is 41.4 Å². The molecule has 5 unspecified atom stereocenters. The smallest absolute Gasteiger partial charge is 0.329 e. The fraction of sp³-hybridized carbons (Fsp3) is 0.542.